The van der Waals surface area contributed by atoms with Crippen LogP contribution in [0.5, 0.6) is 0 Å². The Hall–Kier alpha value is -3.09. The van der Waals surface area contributed by atoms with E-state index < -0.39 is 21.9 Å². The van der Waals surface area contributed by atoms with Crippen molar-refractivity contribution in [2.45, 2.75) is 11.1 Å². The van der Waals surface area contributed by atoms with E-state index in [0.717, 1.165) is 10.7 Å². The number of terminal acetylenes is 1. The van der Waals surface area contributed by atoms with Gasteiger partial charge in [0.1, 0.15) is 0 Å². The lowest BCUT2D eigenvalue weighted by Gasteiger charge is -2.08. The predicted molar refractivity (Wildman–Crippen MR) is 93.3 cm³/mol. The van der Waals surface area contributed by atoms with Gasteiger partial charge in [0.05, 0.1) is 16.3 Å². The molecule has 2 aromatic carbocycles. The quantitative estimate of drug-likeness (QED) is 0.697. The molecule has 2 N–H and O–H groups in total. The van der Waals surface area contributed by atoms with E-state index >= 15 is 0 Å². The average Bonchev–Trinajstić information content (AvgIpc) is 3.07. The van der Waals surface area contributed by atoms with Crippen molar-refractivity contribution in [1.29, 1.82) is 0 Å². The third kappa shape index (κ3) is 3.86. The molecule has 3 aromatic rings. The average molecular weight is 391 g/mol. The third-order valence-corrected chi connectivity index (χ3v) is 4.69. The fourth-order valence-electron chi connectivity index (χ4n) is 2.44. The number of nitrogens with zero attached hydrogens (tertiary/aromatic N) is 2. The molecule has 5 nitrogen and oxygen atoms in total. The summed E-state index contributed by atoms with van der Waals surface area (Å²) < 4.78 is 63.3. The second-order valence-electron chi connectivity index (χ2n) is 5.58. The minimum absolute atomic E-state index is 0.158. The summed E-state index contributed by atoms with van der Waals surface area (Å²) >= 11 is 0. The molecule has 27 heavy (non-hydrogen) atoms. The Labute approximate surface area is 153 Å². The summed E-state index contributed by atoms with van der Waals surface area (Å²) in [5.74, 6) is 2.43. The molecule has 1 aromatic heterocycles. The van der Waals surface area contributed by atoms with Gasteiger partial charge in [-0.1, -0.05) is 18.1 Å². The molecule has 0 atom stereocenters. The number of sulfonamides is 1. The number of primary sulfonamides is 1. The molecule has 138 valence electrons. The molecular formula is C18H12F3N3O2S. The molecule has 1 heterocycles. The Kier molecular flexibility index (Phi) is 4.55. The Balaban J connectivity index is 2.16. The van der Waals surface area contributed by atoms with Crippen molar-refractivity contribution in [2.24, 2.45) is 5.14 Å². The molecule has 0 spiro atoms. The molecule has 0 amide bonds. The Morgan fingerprint density at radius 2 is 1.63 bits per heavy atom. The van der Waals surface area contributed by atoms with Gasteiger partial charge in [0, 0.05) is 11.1 Å². The number of hydrogen-bond donors (Lipinski definition) is 1. The smallest absolute Gasteiger partial charge is 0.233 e. The van der Waals surface area contributed by atoms with Crippen molar-refractivity contribution < 1.29 is 21.6 Å². The van der Waals surface area contributed by atoms with Crippen LogP contribution in [0.15, 0.2) is 59.5 Å². The molecule has 0 aliphatic carbocycles. The first-order valence-electron chi connectivity index (χ1n) is 7.47. The van der Waals surface area contributed by atoms with Gasteiger partial charge in [-0.25, -0.2) is 18.2 Å². The second-order valence-corrected chi connectivity index (χ2v) is 7.15. The van der Waals surface area contributed by atoms with Gasteiger partial charge < -0.3 is 0 Å². The highest BCUT2D eigenvalue weighted by Gasteiger charge is 2.35. The summed E-state index contributed by atoms with van der Waals surface area (Å²) in [6.45, 7) is 0. The third-order valence-electron chi connectivity index (χ3n) is 3.76. The SMILES string of the molecule is C#Cc1ccc(-c2cc(C(F)(F)F)nn2-c2ccc(S(N)(=O)=O)cc2)cc1. The largest absolute Gasteiger partial charge is 0.435 e. The first-order chi connectivity index (χ1) is 12.6. The van der Waals surface area contributed by atoms with Gasteiger partial charge in [-0.05, 0) is 42.5 Å². The number of hydrogen-bond acceptors (Lipinski definition) is 3. The lowest BCUT2D eigenvalue weighted by Crippen LogP contribution is -2.12. The van der Waals surface area contributed by atoms with Crippen LogP contribution < -0.4 is 5.14 Å². The maximum Gasteiger partial charge on any atom is 0.435 e. The van der Waals surface area contributed by atoms with Gasteiger partial charge in [-0.3, -0.25) is 0 Å². The van der Waals surface area contributed by atoms with E-state index in [4.69, 9.17) is 11.6 Å². The van der Waals surface area contributed by atoms with Gasteiger partial charge in [0.25, 0.3) is 0 Å². The minimum Gasteiger partial charge on any atom is -0.233 e. The summed E-state index contributed by atoms with van der Waals surface area (Å²) in [5, 5.41) is 8.67. The molecule has 0 radical (unpaired) electrons. The number of rotatable bonds is 3. The van der Waals surface area contributed by atoms with Gasteiger partial charge >= 0.3 is 6.18 Å². The van der Waals surface area contributed by atoms with Crippen LogP contribution in [0.25, 0.3) is 16.9 Å². The molecule has 0 saturated carbocycles. The Bertz CT molecular complexity index is 1120. The molecule has 0 saturated heterocycles. The van der Waals surface area contributed by atoms with Crippen LogP contribution in [0, 0.1) is 12.3 Å². The van der Waals surface area contributed by atoms with Crippen LogP contribution in [0.3, 0.4) is 0 Å². The van der Waals surface area contributed by atoms with E-state index in [1.807, 2.05) is 0 Å². The monoisotopic (exact) mass is 391 g/mol. The number of aromatic nitrogens is 2. The van der Waals surface area contributed by atoms with E-state index in [2.05, 4.69) is 11.0 Å². The number of halogens is 3. The van der Waals surface area contributed by atoms with E-state index in [1.165, 1.54) is 24.3 Å². The summed E-state index contributed by atoms with van der Waals surface area (Å²) in [7, 11) is -3.92. The van der Waals surface area contributed by atoms with Crippen LogP contribution >= 0.6 is 0 Å². The van der Waals surface area contributed by atoms with Crippen molar-refractivity contribution in [3.63, 3.8) is 0 Å². The van der Waals surface area contributed by atoms with Crippen molar-refractivity contribution in [2.75, 3.05) is 0 Å². The zero-order chi connectivity index (χ0) is 19.8. The van der Waals surface area contributed by atoms with Crippen LogP contribution in [0.1, 0.15) is 11.3 Å². The zero-order valence-corrected chi connectivity index (χ0v) is 14.4. The molecule has 0 aliphatic heterocycles. The highest BCUT2D eigenvalue weighted by atomic mass is 32.2. The predicted octanol–water partition coefficient (Wildman–Crippen LogP) is 3.19. The fraction of sp³-hybridized carbons (Fsp3) is 0.0556. The van der Waals surface area contributed by atoms with E-state index in [1.54, 1.807) is 24.3 Å². The molecule has 0 aliphatic rings. The second kappa shape index (κ2) is 6.57. The topological polar surface area (TPSA) is 78.0 Å². The normalized spacial score (nSPS) is 12.0. The van der Waals surface area contributed by atoms with Crippen LogP contribution in [0.2, 0.25) is 0 Å². The summed E-state index contributed by atoms with van der Waals surface area (Å²) in [5.41, 5.74) is 0.392. The van der Waals surface area contributed by atoms with Gasteiger partial charge in [0.2, 0.25) is 10.0 Å². The highest BCUT2D eigenvalue weighted by Crippen LogP contribution is 2.33. The first kappa shape index (κ1) is 18.7. The summed E-state index contributed by atoms with van der Waals surface area (Å²) in [4.78, 5) is -0.158. The van der Waals surface area contributed by atoms with E-state index in [0.29, 0.717) is 11.1 Å². The lowest BCUT2D eigenvalue weighted by atomic mass is 10.1. The van der Waals surface area contributed by atoms with Crippen molar-refractivity contribution in [3.8, 4) is 29.3 Å². The molecular weight excluding hydrogens is 379 g/mol. The lowest BCUT2D eigenvalue weighted by molar-refractivity contribution is -0.141. The van der Waals surface area contributed by atoms with Crippen molar-refractivity contribution in [3.05, 3.63) is 65.9 Å². The number of alkyl halides is 3. The van der Waals surface area contributed by atoms with E-state index in [9.17, 15) is 21.6 Å². The first-order valence-corrected chi connectivity index (χ1v) is 9.02. The number of nitrogens with two attached hydrogens (primary N) is 1. The minimum atomic E-state index is -4.64. The molecule has 0 fully saturated rings. The standard InChI is InChI=1S/C18H12F3N3O2S/c1-2-12-3-5-13(6-4-12)16-11-17(18(19,20)21)23-24(16)14-7-9-15(10-8-14)27(22,25)26/h1,3-11H,(H2,22,25,26). The zero-order valence-electron chi connectivity index (χ0n) is 13.6. The fourth-order valence-corrected chi connectivity index (χ4v) is 2.95. The molecule has 0 bridgehead atoms. The van der Waals surface area contributed by atoms with Gasteiger partial charge in [-0.2, -0.15) is 18.3 Å². The Morgan fingerprint density at radius 3 is 2.11 bits per heavy atom. The van der Waals surface area contributed by atoms with Gasteiger partial charge in [-0.15, -0.1) is 6.42 Å². The van der Waals surface area contributed by atoms with Crippen LogP contribution in [0.4, 0.5) is 13.2 Å². The Morgan fingerprint density at radius 1 is 1.04 bits per heavy atom. The molecule has 3 rings (SSSR count). The maximum absolute atomic E-state index is 13.2. The number of benzene rings is 2. The summed E-state index contributed by atoms with van der Waals surface area (Å²) in [6, 6.07) is 12.3. The maximum atomic E-state index is 13.2. The van der Waals surface area contributed by atoms with Crippen LogP contribution in [-0.4, -0.2) is 18.2 Å². The summed E-state index contributed by atoms with van der Waals surface area (Å²) in [6.07, 6.45) is 0.655. The van der Waals surface area contributed by atoms with E-state index in [-0.39, 0.29) is 16.3 Å². The molecule has 0 unspecified atom stereocenters. The van der Waals surface area contributed by atoms with Crippen LogP contribution in [-0.2, 0) is 16.2 Å². The van der Waals surface area contributed by atoms with Crippen molar-refractivity contribution in [1.82, 2.24) is 9.78 Å². The molecule has 9 heteroatoms. The highest BCUT2D eigenvalue weighted by molar-refractivity contribution is 7.89. The van der Waals surface area contributed by atoms with Gasteiger partial charge in [0.15, 0.2) is 5.69 Å². The van der Waals surface area contributed by atoms with Crippen molar-refractivity contribution >= 4 is 10.0 Å².